The van der Waals surface area contributed by atoms with E-state index in [0.29, 0.717) is 17.9 Å². The number of esters is 1. The molecule has 0 aliphatic rings. The normalized spacial score (nSPS) is 13.6. The van der Waals surface area contributed by atoms with E-state index < -0.39 is 11.6 Å². The van der Waals surface area contributed by atoms with Crippen molar-refractivity contribution in [2.45, 2.75) is 52.4 Å². The smallest absolute Gasteiger partial charge is 0.308 e. The lowest BCUT2D eigenvalue weighted by Gasteiger charge is -2.20. The van der Waals surface area contributed by atoms with Gasteiger partial charge in [0.25, 0.3) is 0 Å². The monoisotopic (exact) mass is 344 g/mol. The van der Waals surface area contributed by atoms with Crippen LogP contribution in [0.1, 0.15) is 39.7 Å². The van der Waals surface area contributed by atoms with Crippen molar-refractivity contribution in [1.29, 1.82) is 0 Å². The topological polar surface area (TPSA) is 73.9 Å². The predicted molar refractivity (Wildman–Crippen MR) is 101 cm³/mol. The van der Waals surface area contributed by atoms with Crippen LogP contribution in [0.5, 0.6) is 0 Å². The third-order valence-electron chi connectivity index (χ3n) is 3.09. The summed E-state index contributed by atoms with van der Waals surface area (Å²) in [4.78, 5) is 15.9. The SMILES string of the molecule is C=C(C=N/C=C(\C)OCc1ccccc1)[C@@H](N)CC(=O)OC(C)(C)C. The molecule has 0 spiro atoms. The first-order chi connectivity index (χ1) is 11.7. The second-order valence-electron chi connectivity index (χ2n) is 6.76. The molecule has 0 radical (unpaired) electrons. The van der Waals surface area contributed by atoms with Crippen molar-refractivity contribution in [3.05, 3.63) is 60.0 Å². The molecule has 0 saturated heterocycles. The Bertz CT molecular complexity index is 628. The summed E-state index contributed by atoms with van der Waals surface area (Å²) in [6.45, 7) is 11.6. The molecule has 0 aliphatic carbocycles. The highest BCUT2D eigenvalue weighted by Gasteiger charge is 2.19. The lowest BCUT2D eigenvalue weighted by molar-refractivity contribution is -0.154. The van der Waals surface area contributed by atoms with Gasteiger partial charge >= 0.3 is 5.97 Å². The lowest BCUT2D eigenvalue weighted by Crippen LogP contribution is -2.31. The fourth-order valence-corrected chi connectivity index (χ4v) is 1.84. The fraction of sp³-hybridized carbons (Fsp3) is 0.400. The maximum atomic E-state index is 11.8. The first-order valence-electron chi connectivity index (χ1n) is 8.20. The van der Waals surface area contributed by atoms with Crippen LogP contribution in [0.15, 0.2) is 59.4 Å². The van der Waals surface area contributed by atoms with E-state index in [0.717, 1.165) is 5.56 Å². The minimum absolute atomic E-state index is 0.0648. The van der Waals surface area contributed by atoms with Crippen LogP contribution >= 0.6 is 0 Å². The molecule has 136 valence electrons. The van der Waals surface area contributed by atoms with Gasteiger partial charge in [-0.25, -0.2) is 0 Å². The number of ether oxygens (including phenoxy) is 2. The van der Waals surface area contributed by atoms with Gasteiger partial charge in [-0.2, -0.15) is 0 Å². The molecule has 1 atom stereocenters. The first kappa shape index (κ1) is 20.6. The van der Waals surface area contributed by atoms with E-state index in [9.17, 15) is 4.79 Å². The first-order valence-corrected chi connectivity index (χ1v) is 8.20. The summed E-state index contributed by atoms with van der Waals surface area (Å²) >= 11 is 0. The average molecular weight is 344 g/mol. The van der Waals surface area contributed by atoms with Gasteiger partial charge in [0.1, 0.15) is 18.0 Å². The number of rotatable bonds is 8. The quantitative estimate of drug-likeness (QED) is 0.443. The molecule has 25 heavy (non-hydrogen) atoms. The van der Waals surface area contributed by atoms with Crippen molar-refractivity contribution >= 4 is 12.2 Å². The standard InChI is InChI=1S/C20H28N2O3/c1-15(18(21)11-19(23)25-20(3,4)5)12-22-13-16(2)24-14-17-9-7-6-8-10-17/h6-10,12-13,18H,1,11,14,21H2,2-5H3/b16-13+,22-12?/t18-/m0/s1. The zero-order valence-electron chi connectivity index (χ0n) is 15.5. The Balaban J connectivity index is 2.42. The molecule has 5 nitrogen and oxygen atoms in total. The summed E-state index contributed by atoms with van der Waals surface area (Å²) in [5, 5.41) is 0. The highest BCUT2D eigenvalue weighted by atomic mass is 16.6. The van der Waals surface area contributed by atoms with Gasteiger partial charge in [-0.15, -0.1) is 0 Å². The zero-order chi connectivity index (χ0) is 18.9. The Morgan fingerprint density at radius 1 is 1.32 bits per heavy atom. The molecular formula is C20H28N2O3. The second-order valence-corrected chi connectivity index (χ2v) is 6.76. The van der Waals surface area contributed by atoms with E-state index in [1.54, 1.807) is 6.20 Å². The van der Waals surface area contributed by atoms with Crippen LogP contribution in [0.25, 0.3) is 0 Å². The van der Waals surface area contributed by atoms with Crippen molar-refractivity contribution in [3.63, 3.8) is 0 Å². The van der Waals surface area contributed by atoms with Gasteiger partial charge in [0.05, 0.1) is 12.6 Å². The van der Waals surface area contributed by atoms with Crippen LogP contribution in [-0.4, -0.2) is 23.8 Å². The molecule has 0 bridgehead atoms. The molecule has 0 saturated carbocycles. The summed E-state index contributed by atoms with van der Waals surface area (Å²) in [7, 11) is 0. The van der Waals surface area contributed by atoms with E-state index >= 15 is 0 Å². The Labute approximate surface area is 150 Å². The van der Waals surface area contributed by atoms with Gasteiger partial charge < -0.3 is 15.2 Å². The van der Waals surface area contributed by atoms with Gasteiger partial charge in [0, 0.05) is 12.3 Å². The van der Waals surface area contributed by atoms with Crippen molar-refractivity contribution in [3.8, 4) is 0 Å². The van der Waals surface area contributed by atoms with Gasteiger partial charge in [0.2, 0.25) is 0 Å². The molecule has 0 unspecified atom stereocenters. The lowest BCUT2D eigenvalue weighted by atomic mass is 10.1. The van der Waals surface area contributed by atoms with E-state index in [1.807, 2.05) is 58.0 Å². The van der Waals surface area contributed by atoms with Crippen molar-refractivity contribution in [2.75, 3.05) is 0 Å². The maximum Gasteiger partial charge on any atom is 0.308 e. The third-order valence-corrected chi connectivity index (χ3v) is 3.09. The minimum atomic E-state index is -0.530. The Hall–Kier alpha value is -2.40. The Kier molecular flexibility index (Phi) is 8.08. The Morgan fingerprint density at radius 3 is 2.56 bits per heavy atom. The molecule has 1 aromatic rings. The molecular weight excluding hydrogens is 316 g/mol. The molecule has 0 aromatic heterocycles. The number of hydrogen-bond donors (Lipinski definition) is 1. The largest absolute Gasteiger partial charge is 0.492 e. The number of nitrogens with zero attached hydrogens (tertiary/aromatic N) is 1. The molecule has 1 aromatic carbocycles. The number of nitrogens with two attached hydrogens (primary N) is 1. The summed E-state index contributed by atoms with van der Waals surface area (Å²) in [5.41, 5.74) is 7.06. The van der Waals surface area contributed by atoms with Gasteiger partial charge in [-0.3, -0.25) is 9.79 Å². The molecule has 2 N–H and O–H groups in total. The molecule has 0 fully saturated rings. The molecule has 0 heterocycles. The van der Waals surface area contributed by atoms with E-state index in [2.05, 4.69) is 11.6 Å². The summed E-state index contributed by atoms with van der Waals surface area (Å²) < 4.78 is 10.8. The fourth-order valence-electron chi connectivity index (χ4n) is 1.84. The third kappa shape index (κ3) is 9.47. The van der Waals surface area contributed by atoms with E-state index in [-0.39, 0.29) is 12.4 Å². The Morgan fingerprint density at radius 2 is 1.96 bits per heavy atom. The van der Waals surface area contributed by atoms with E-state index in [4.69, 9.17) is 15.2 Å². The van der Waals surface area contributed by atoms with Crippen LogP contribution in [-0.2, 0) is 20.9 Å². The maximum absolute atomic E-state index is 11.8. The average Bonchev–Trinajstić information content (AvgIpc) is 2.51. The summed E-state index contributed by atoms with van der Waals surface area (Å²) in [6.07, 6.45) is 3.19. The van der Waals surface area contributed by atoms with E-state index in [1.165, 1.54) is 6.21 Å². The minimum Gasteiger partial charge on any atom is -0.492 e. The highest BCUT2D eigenvalue weighted by Crippen LogP contribution is 2.10. The summed E-state index contributed by atoms with van der Waals surface area (Å²) in [6, 6.07) is 9.35. The molecule has 0 aliphatic heterocycles. The summed E-state index contributed by atoms with van der Waals surface area (Å²) in [5.74, 6) is 0.320. The second kappa shape index (κ2) is 9.79. The van der Waals surface area contributed by atoms with Gasteiger partial charge in [-0.1, -0.05) is 36.9 Å². The van der Waals surface area contributed by atoms with Crippen molar-refractivity contribution < 1.29 is 14.3 Å². The highest BCUT2D eigenvalue weighted by molar-refractivity contribution is 5.82. The number of hydrogen-bond acceptors (Lipinski definition) is 5. The van der Waals surface area contributed by atoms with Crippen LogP contribution in [0, 0.1) is 0 Å². The van der Waals surface area contributed by atoms with Gasteiger partial charge in [-0.05, 0) is 38.8 Å². The van der Waals surface area contributed by atoms with Crippen molar-refractivity contribution in [2.24, 2.45) is 10.7 Å². The zero-order valence-corrected chi connectivity index (χ0v) is 15.5. The van der Waals surface area contributed by atoms with Crippen LogP contribution in [0.3, 0.4) is 0 Å². The number of aliphatic imine (C=N–C) groups is 1. The molecule has 1 rings (SSSR count). The number of benzene rings is 1. The number of carbonyl (C=O) groups is 1. The van der Waals surface area contributed by atoms with Crippen molar-refractivity contribution in [1.82, 2.24) is 0 Å². The van der Waals surface area contributed by atoms with Crippen LogP contribution < -0.4 is 5.73 Å². The van der Waals surface area contributed by atoms with Gasteiger partial charge in [0.15, 0.2) is 0 Å². The number of carbonyl (C=O) groups excluding carboxylic acids is 1. The molecule has 5 heteroatoms. The number of allylic oxidation sites excluding steroid dienone is 1. The molecule has 0 amide bonds. The van der Waals surface area contributed by atoms with Crippen LogP contribution in [0.2, 0.25) is 0 Å². The predicted octanol–water partition coefficient (Wildman–Crippen LogP) is 3.75. The van der Waals surface area contributed by atoms with Crippen LogP contribution in [0.4, 0.5) is 0 Å².